The fourth-order valence-electron chi connectivity index (χ4n) is 2.19. The van der Waals surface area contributed by atoms with Crippen LogP contribution in [0.2, 0.25) is 0 Å². The molecule has 1 aliphatic heterocycles. The van der Waals surface area contributed by atoms with Gasteiger partial charge in [-0.2, -0.15) is 0 Å². The summed E-state index contributed by atoms with van der Waals surface area (Å²) in [5.41, 5.74) is 6.03. The first-order valence-corrected chi connectivity index (χ1v) is 6.47. The molecule has 3 N–H and O–H groups in total. The summed E-state index contributed by atoms with van der Waals surface area (Å²) in [7, 11) is 0. The summed E-state index contributed by atoms with van der Waals surface area (Å²) >= 11 is 0. The van der Waals surface area contributed by atoms with Crippen LogP contribution in [0.4, 0.5) is 0 Å². The third-order valence-electron chi connectivity index (χ3n) is 3.79. The van der Waals surface area contributed by atoms with E-state index in [4.69, 9.17) is 10.8 Å². The Kier molecular flexibility index (Phi) is 4.77. The topological polar surface area (TPSA) is 49.5 Å². The van der Waals surface area contributed by atoms with Crippen LogP contribution in [0.25, 0.3) is 0 Å². The molecule has 0 aromatic rings. The second-order valence-electron chi connectivity index (χ2n) is 6.42. The number of aliphatic hydroxyl groups is 1. The van der Waals surface area contributed by atoms with Crippen LogP contribution in [-0.2, 0) is 0 Å². The van der Waals surface area contributed by atoms with E-state index in [-0.39, 0.29) is 6.61 Å². The summed E-state index contributed by atoms with van der Waals surface area (Å²) in [4.78, 5) is 2.50. The molecule has 3 nitrogen and oxygen atoms in total. The maximum Gasteiger partial charge on any atom is 0.0608 e. The van der Waals surface area contributed by atoms with E-state index in [1.165, 1.54) is 32.4 Å². The minimum atomic E-state index is -0.415. The summed E-state index contributed by atoms with van der Waals surface area (Å²) in [5.74, 6) is 0. The Balaban J connectivity index is 2.33. The number of nitrogens with zero attached hydrogens (tertiary/aromatic N) is 1. The van der Waals surface area contributed by atoms with E-state index in [1.54, 1.807) is 0 Å². The molecule has 0 radical (unpaired) electrons. The van der Waals surface area contributed by atoms with Gasteiger partial charge >= 0.3 is 0 Å². The average Bonchev–Trinajstić information content (AvgIpc) is 2.37. The van der Waals surface area contributed by atoms with Crippen molar-refractivity contribution >= 4 is 0 Å². The molecule has 1 fully saturated rings. The van der Waals surface area contributed by atoms with Gasteiger partial charge in [-0.25, -0.2) is 0 Å². The van der Waals surface area contributed by atoms with Crippen molar-refractivity contribution in [2.45, 2.75) is 52.0 Å². The first-order valence-electron chi connectivity index (χ1n) is 6.47. The maximum absolute atomic E-state index is 9.12. The molecule has 1 heterocycles. The van der Waals surface area contributed by atoms with Gasteiger partial charge in [0.25, 0.3) is 0 Å². The Bertz CT molecular complexity index is 214. The normalized spacial score (nSPS) is 26.1. The number of nitrogens with two attached hydrogens (primary N) is 1. The third-order valence-corrected chi connectivity index (χ3v) is 3.79. The molecule has 0 aromatic carbocycles. The minimum absolute atomic E-state index is 0.0757. The predicted molar refractivity (Wildman–Crippen MR) is 68.4 cm³/mol. The van der Waals surface area contributed by atoms with Crippen molar-refractivity contribution in [3.8, 4) is 0 Å². The molecule has 1 saturated heterocycles. The van der Waals surface area contributed by atoms with Crippen molar-refractivity contribution in [2.75, 3.05) is 26.2 Å². The van der Waals surface area contributed by atoms with Crippen LogP contribution in [0.15, 0.2) is 0 Å². The van der Waals surface area contributed by atoms with E-state index in [9.17, 15) is 0 Å². The quantitative estimate of drug-likeness (QED) is 0.768. The summed E-state index contributed by atoms with van der Waals surface area (Å²) < 4.78 is 0. The molecule has 1 atom stereocenters. The molecule has 3 heteroatoms. The van der Waals surface area contributed by atoms with Crippen molar-refractivity contribution in [1.29, 1.82) is 0 Å². The maximum atomic E-state index is 9.12. The van der Waals surface area contributed by atoms with Gasteiger partial charge in [-0.15, -0.1) is 0 Å². The fourth-order valence-corrected chi connectivity index (χ4v) is 2.19. The zero-order chi connectivity index (χ0) is 12.2. The molecule has 96 valence electrons. The number of aliphatic hydroxyl groups excluding tert-OH is 1. The molecule has 0 amide bonds. The van der Waals surface area contributed by atoms with Crippen LogP contribution in [0.1, 0.15) is 46.5 Å². The van der Waals surface area contributed by atoms with E-state index in [2.05, 4.69) is 18.7 Å². The van der Waals surface area contributed by atoms with Crippen molar-refractivity contribution in [2.24, 2.45) is 11.1 Å². The fraction of sp³-hybridized carbons (Fsp3) is 1.00. The van der Waals surface area contributed by atoms with Gasteiger partial charge in [0.05, 0.1) is 6.61 Å². The van der Waals surface area contributed by atoms with Crippen LogP contribution in [0, 0.1) is 5.41 Å². The Morgan fingerprint density at radius 2 is 2.00 bits per heavy atom. The standard InChI is InChI=1S/C13H28N2O/c1-12(2)5-4-8-15(9-6-12)10-7-13(3,14)11-16/h16H,4-11,14H2,1-3H3. The van der Waals surface area contributed by atoms with Gasteiger partial charge in [-0.3, -0.25) is 0 Å². The molecule has 16 heavy (non-hydrogen) atoms. The van der Waals surface area contributed by atoms with Crippen LogP contribution in [-0.4, -0.2) is 41.8 Å². The van der Waals surface area contributed by atoms with Crippen LogP contribution in [0.5, 0.6) is 0 Å². The van der Waals surface area contributed by atoms with E-state index in [1.807, 2.05) is 6.92 Å². The summed E-state index contributed by atoms with van der Waals surface area (Å²) in [6.07, 6.45) is 4.76. The largest absolute Gasteiger partial charge is 0.394 e. The highest BCUT2D eigenvalue weighted by molar-refractivity contribution is 4.81. The van der Waals surface area contributed by atoms with Gasteiger partial charge < -0.3 is 15.7 Å². The molecule has 0 aliphatic carbocycles. The first-order chi connectivity index (χ1) is 7.35. The molecular formula is C13H28N2O. The van der Waals surface area contributed by atoms with Crippen molar-refractivity contribution in [3.05, 3.63) is 0 Å². The van der Waals surface area contributed by atoms with Crippen LogP contribution >= 0.6 is 0 Å². The van der Waals surface area contributed by atoms with Crippen LogP contribution < -0.4 is 5.73 Å². The summed E-state index contributed by atoms with van der Waals surface area (Å²) in [6, 6.07) is 0. The second-order valence-corrected chi connectivity index (χ2v) is 6.42. The van der Waals surface area contributed by atoms with Crippen LogP contribution in [0.3, 0.4) is 0 Å². The Hall–Kier alpha value is -0.120. The highest BCUT2D eigenvalue weighted by Gasteiger charge is 2.24. The molecule has 0 aromatic heterocycles. The van der Waals surface area contributed by atoms with E-state index >= 15 is 0 Å². The molecule has 1 rings (SSSR count). The van der Waals surface area contributed by atoms with Crippen molar-refractivity contribution in [1.82, 2.24) is 4.90 Å². The van der Waals surface area contributed by atoms with Gasteiger partial charge in [-0.1, -0.05) is 13.8 Å². The zero-order valence-corrected chi connectivity index (χ0v) is 11.1. The van der Waals surface area contributed by atoms with Crippen molar-refractivity contribution < 1.29 is 5.11 Å². The second kappa shape index (κ2) is 5.48. The zero-order valence-electron chi connectivity index (χ0n) is 11.1. The Labute approximate surface area is 100 Å². The average molecular weight is 228 g/mol. The van der Waals surface area contributed by atoms with Gasteiger partial charge in [0.1, 0.15) is 0 Å². The lowest BCUT2D eigenvalue weighted by molar-refractivity contribution is 0.174. The molecule has 1 unspecified atom stereocenters. The molecule has 0 saturated carbocycles. The number of rotatable bonds is 4. The summed E-state index contributed by atoms with van der Waals surface area (Å²) in [5, 5.41) is 9.12. The Morgan fingerprint density at radius 3 is 2.62 bits per heavy atom. The van der Waals surface area contributed by atoms with Gasteiger partial charge in [0.15, 0.2) is 0 Å². The van der Waals surface area contributed by atoms with Crippen molar-refractivity contribution in [3.63, 3.8) is 0 Å². The third kappa shape index (κ3) is 4.81. The predicted octanol–water partition coefficient (Wildman–Crippen LogP) is 1.60. The number of hydrogen-bond acceptors (Lipinski definition) is 3. The lowest BCUT2D eigenvalue weighted by Gasteiger charge is -2.27. The highest BCUT2D eigenvalue weighted by atomic mass is 16.3. The van der Waals surface area contributed by atoms with Gasteiger partial charge in [-0.05, 0) is 57.7 Å². The molecular weight excluding hydrogens is 200 g/mol. The number of likely N-dealkylation sites (tertiary alicyclic amines) is 1. The highest BCUT2D eigenvalue weighted by Crippen LogP contribution is 2.29. The van der Waals surface area contributed by atoms with E-state index < -0.39 is 5.54 Å². The number of hydrogen-bond donors (Lipinski definition) is 2. The summed E-state index contributed by atoms with van der Waals surface area (Å²) in [6.45, 7) is 10.1. The Morgan fingerprint density at radius 1 is 1.31 bits per heavy atom. The van der Waals surface area contributed by atoms with E-state index in [0.29, 0.717) is 5.41 Å². The minimum Gasteiger partial charge on any atom is -0.394 e. The SMILES string of the molecule is CC1(C)CCCN(CCC(C)(N)CO)CC1. The molecule has 0 spiro atoms. The lowest BCUT2D eigenvalue weighted by Crippen LogP contribution is -2.43. The smallest absolute Gasteiger partial charge is 0.0608 e. The molecule has 0 bridgehead atoms. The monoisotopic (exact) mass is 228 g/mol. The molecule has 1 aliphatic rings. The van der Waals surface area contributed by atoms with Gasteiger partial charge in [0.2, 0.25) is 0 Å². The van der Waals surface area contributed by atoms with E-state index in [0.717, 1.165) is 13.0 Å². The first kappa shape index (κ1) is 13.9. The van der Waals surface area contributed by atoms with Gasteiger partial charge in [0, 0.05) is 5.54 Å². The lowest BCUT2D eigenvalue weighted by atomic mass is 9.85.